The molecular formula is C14H28N2O. The Balaban J connectivity index is 2.45. The molecule has 0 spiro atoms. The number of hydrogen-bond donors (Lipinski definition) is 2. The molecule has 3 atom stereocenters. The van der Waals surface area contributed by atoms with Crippen molar-refractivity contribution in [3.8, 4) is 0 Å². The minimum Gasteiger partial charge on any atom is -0.352 e. The molecule has 1 saturated carbocycles. The lowest BCUT2D eigenvalue weighted by Crippen LogP contribution is -2.51. The first-order valence-electron chi connectivity index (χ1n) is 6.86. The van der Waals surface area contributed by atoms with Gasteiger partial charge in [-0.15, -0.1) is 0 Å². The summed E-state index contributed by atoms with van der Waals surface area (Å²) in [6.07, 6.45) is 5.93. The fourth-order valence-corrected chi connectivity index (χ4v) is 2.32. The van der Waals surface area contributed by atoms with Crippen LogP contribution in [-0.2, 0) is 4.79 Å². The molecule has 0 bridgehead atoms. The molecule has 100 valence electrons. The molecule has 0 saturated heterocycles. The van der Waals surface area contributed by atoms with Gasteiger partial charge in [0, 0.05) is 6.04 Å². The average molecular weight is 240 g/mol. The molecule has 1 aliphatic carbocycles. The lowest BCUT2D eigenvalue weighted by atomic mass is 9.86. The predicted molar refractivity (Wildman–Crippen MR) is 71.6 cm³/mol. The lowest BCUT2D eigenvalue weighted by Gasteiger charge is -2.28. The van der Waals surface area contributed by atoms with Crippen molar-refractivity contribution in [2.45, 2.75) is 71.9 Å². The molecule has 1 amide bonds. The number of amides is 1. The first-order valence-corrected chi connectivity index (χ1v) is 6.86. The van der Waals surface area contributed by atoms with Gasteiger partial charge in [0.2, 0.25) is 5.91 Å². The zero-order valence-electron chi connectivity index (χ0n) is 11.8. The van der Waals surface area contributed by atoms with Crippen LogP contribution in [0.25, 0.3) is 0 Å². The number of nitrogens with two attached hydrogens (primary N) is 1. The standard InChI is InChI=1S/C14H28N2O/c1-10-6-5-7-11(9-8-10)16-13(17)12(15)14(2,3)4/h10-12H,5-9,15H2,1-4H3,(H,16,17)/t10?,11?,12-/m1/s1. The van der Waals surface area contributed by atoms with E-state index in [0.29, 0.717) is 6.04 Å². The molecule has 0 aliphatic heterocycles. The van der Waals surface area contributed by atoms with Crippen molar-refractivity contribution in [2.75, 3.05) is 0 Å². The number of carbonyl (C=O) groups excluding carboxylic acids is 1. The number of hydrogen-bond acceptors (Lipinski definition) is 2. The number of carbonyl (C=O) groups is 1. The molecule has 3 heteroatoms. The molecule has 0 aromatic rings. The summed E-state index contributed by atoms with van der Waals surface area (Å²) in [5.41, 5.74) is 5.80. The number of rotatable bonds is 2. The van der Waals surface area contributed by atoms with E-state index in [1.54, 1.807) is 0 Å². The van der Waals surface area contributed by atoms with Gasteiger partial charge in [-0.1, -0.05) is 40.5 Å². The van der Waals surface area contributed by atoms with E-state index >= 15 is 0 Å². The summed E-state index contributed by atoms with van der Waals surface area (Å²) in [4.78, 5) is 12.0. The molecule has 3 nitrogen and oxygen atoms in total. The third-order valence-electron chi connectivity index (χ3n) is 3.82. The fourth-order valence-electron chi connectivity index (χ4n) is 2.32. The van der Waals surface area contributed by atoms with Crippen molar-refractivity contribution in [1.29, 1.82) is 0 Å². The maximum absolute atomic E-state index is 12.0. The summed E-state index contributed by atoms with van der Waals surface area (Å²) in [5.74, 6) is 0.810. The third-order valence-corrected chi connectivity index (χ3v) is 3.82. The van der Waals surface area contributed by atoms with Crippen LogP contribution < -0.4 is 11.1 Å². The average Bonchev–Trinajstić information content (AvgIpc) is 2.41. The van der Waals surface area contributed by atoms with Crippen molar-refractivity contribution in [3.05, 3.63) is 0 Å². The van der Waals surface area contributed by atoms with E-state index in [-0.39, 0.29) is 11.3 Å². The van der Waals surface area contributed by atoms with Crippen molar-refractivity contribution in [1.82, 2.24) is 5.32 Å². The van der Waals surface area contributed by atoms with E-state index in [0.717, 1.165) is 18.8 Å². The van der Waals surface area contributed by atoms with Crippen LogP contribution >= 0.6 is 0 Å². The van der Waals surface area contributed by atoms with E-state index in [4.69, 9.17) is 5.73 Å². The topological polar surface area (TPSA) is 55.1 Å². The minimum atomic E-state index is -0.414. The van der Waals surface area contributed by atoms with Gasteiger partial charge in [0.1, 0.15) is 0 Å². The summed E-state index contributed by atoms with van der Waals surface area (Å²) in [6.45, 7) is 8.32. The summed E-state index contributed by atoms with van der Waals surface area (Å²) in [7, 11) is 0. The Kier molecular flexibility index (Phi) is 4.99. The third kappa shape index (κ3) is 4.66. The second-order valence-corrected chi connectivity index (χ2v) is 6.66. The Hall–Kier alpha value is -0.570. The largest absolute Gasteiger partial charge is 0.352 e. The van der Waals surface area contributed by atoms with Crippen LogP contribution in [0.15, 0.2) is 0 Å². The van der Waals surface area contributed by atoms with Gasteiger partial charge >= 0.3 is 0 Å². The van der Waals surface area contributed by atoms with Crippen LogP contribution in [-0.4, -0.2) is 18.0 Å². The van der Waals surface area contributed by atoms with Crippen LogP contribution in [0.2, 0.25) is 0 Å². The summed E-state index contributed by atoms with van der Waals surface area (Å²) in [6, 6.07) is -0.0796. The molecule has 0 aromatic heterocycles. The van der Waals surface area contributed by atoms with E-state index < -0.39 is 6.04 Å². The lowest BCUT2D eigenvalue weighted by molar-refractivity contribution is -0.125. The Bertz CT molecular complexity index is 257. The Morgan fingerprint density at radius 3 is 2.47 bits per heavy atom. The van der Waals surface area contributed by atoms with E-state index in [1.807, 2.05) is 20.8 Å². The van der Waals surface area contributed by atoms with Crippen LogP contribution in [0.1, 0.15) is 59.8 Å². The van der Waals surface area contributed by atoms with Gasteiger partial charge in [-0.3, -0.25) is 4.79 Å². The smallest absolute Gasteiger partial charge is 0.237 e. The van der Waals surface area contributed by atoms with Crippen molar-refractivity contribution in [3.63, 3.8) is 0 Å². The molecule has 3 N–H and O–H groups in total. The number of nitrogens with one attached hydrogen (secondary N) is 1. The van der Waals surface area contributed by atoms with E-state index in [1.165, 1.54) is 19.3 Å². The molecule has 1 fully saturated rings. The van der Waals surface area contributed by atoms with Gasteiger partial charge < -0.3 is 11.1 Å². The second kappa shape index (κ2) is 5.85. The molecular weight excluding hydrogens is 212 g/mol. The Morgan fingerprint density at radius 2 is 1.88 bits per heavy atom. The summed E-state index contributed by atoms with van der Waals surface area (Å²) >= 11 is 0. The highest BCUT2D eigenvalue weighted by atomic mass is 16.2. The summed E-state index contributed by atoms with van der Waals surface area (Å²) in [5, 5.41) is 3.12. The molecule has 0 aromatic carbocycles. The maximum atomic E-state index is 12.0. The molecule has 0 heterocycles. The summed E-state index contributed by atoms with van der Waals surface area (Å²) < 4.78 is 0. The van der Waals surface area contributed by atoms with Crippen LogP contribution in [0.5, 0.6) is 0 Å². The normalized spacial score (nSPS) is 28.3. The van der Waals surface area contributed by atoms with Gasteiger partial charge in [-0.05, 0) is 30.6 Å². The van der Waals surface area contributed by atoms with Gasteiger partial charge in [-0.2, -0.15) is 0 Å². The zero-order valence-corrected chi connectivity index (χ0v) is 11.8. The van der Waals surface area contributed by atoms with Crippen LogP contribution in [0.3, 0.4) is 0 Å². The van der Waals surface area contributed by atoms with Gasteiger partial charge in [0.15, 0.2) is 0 Å². The van der Waals surface area contributed by atoms with Gasteiger partial charge in [-0.25, -0.2) is 0 Å². The van der Waals surface area contributed by atoms with E-state index in [9.17, 15) is 4.79 Å². The molecule has 17 heavy (non-hydrogen) atoms. The highest BCUT2D eigenvalue weighted by Gasteiger charge is 2.29. The Morgan fingerprint density at radius 1 is 1.24 bits per heavy atom. The first kappa shape index (κ1) is 14.5. The molecule has 2 unspecified atom stereocenters. The van der Waals surface area contributed by atoms with Crippen LogP contribution in [0.4, 0.5) is 0 Å². The maximum Gasteiger partial charge on any atom is 0.237 e. The quantitative estimate of drug-likeness (QED) is 0.728. The van der Waals surface area contributed by atoms with Crippen molar-refractivity contribution >= 4 is 5.91 Å². The highest BCUT2D eigenvalue weighted by molar-refractivity contribution is 5.82. The molecule has 1 rings (SSSR count). The van der Waals surface area contributed by atoms with Gasteiger partial charge in [0.05, 0.1) is 6.04 Å². The van der Waals surface area contributed by atoms with E-state index in [2.05, 4.69) is 12.2 Å². The zero-order chi connectivity index (χ0) is 13.1. The second-order valence-electron chi connectivity index (χ2n) is 6.66. The fraction of sp³-hybridized carbons (Fsp3) is 0.929. The molecule has 1 aliphatic rings. The Labute approximate surface area is 106 Å². The minimum absolute atomic E-state index is 0.0112. The van der Waals surface area contributed by atoms with Gasteiger partial charge in [0.25, 0.3) is 0 Å². The van der Waals surface area contributed by atoms with Crippen LogP contribution in [0, 0.1) is 11.3 Å². The SMILES string of the molecule is CC1CCCC(NC(=O)[C@@H](N)C(C)(C)C)CC1. The van der Waals surface area contributed by atoms with Crippen molar-refractivity contribution < 1.29 is 4.79 Å². The highest BCUT2D eigenvalue weighted by Crippen LogP contribution is 2.23. The first-order chi connectivity index (χ1) is 7.80. The molecule has 0 radical (unpaired) electrons. The monoisotopic (exact) mass is 240 g/mol. The predicted octanol–water partition coefficient (Wildman–Crippen LogP) is 2.44. The van der Waals surface area contributed by atoms with Crippen molar-refractivity contribution in [2.24, 2.45) is 17.1 Å².